The SMILES string of the molecule is CCCCC/C=C/CC/C=C/CCCC(O)C(O)C(COC1OC(CO)C(O)C(O)C1O)NC(=O)C(O)CCCCCCCCCCCCCCCCCCCCCCC. The first kappa shape index (κ1) is 56.6. The van der Waals surface area contributed by atoms with Crippen molar-refractivity contribution in [1.29, 1.82) is 0 Å². The molecule has 0 spiro atoms. The molecule has 354 valence electrons. The van der Waals surface area contributed by atoms with Crippen LogP contribution in [0.2, 0.25) is 0 Å². The second kappa shape index (κ2) is 39.2. The van der Waals surface area contributed by atoms with Crippen molar-refractivity contribution in [3.8, 4) is 0 Å². The number of ether oxygens (including phenoxy) is 2. The molecule has 0 bridgehead atoms. The van der Waals surface area contributed by atoms with Gasteiger partial charge in [0.25, 0.3) is 0 Å². The summed E-state index contributed by atoms with van der Waals surface area (Å²) < 4.78 is 11.1. The third-order valence-corrected chi connectivity index (χ3v) is 12.0. The number of aliphatic hydroxyl groups is 7. The Labute approximate surface area is 365 Å². The number of carbonyl (C=O) groups is 1. The summed E-state index contributed by atoms with van der Waals surface area (Å²) in [6.45, 7) is 3.39. The molecular formula is C49H93NO10. The fraction of sp³-hybridized carbons (Fsp3) is 0.898. The Morgan fingerprint density at radius 1 is 0.567 bits per heavy atom. The van der Waals surface area contributed by atoms with Gasteiger partial charge in [-0.25, -0.2) is 0 Å². The highest BCUT2D eigenvalue weighted by atomic mass is 16.7. The van der Waals surface area contributed by atoms with Gasteiger partial charge in [0.15, 0.2) is 6.29 Å². The maximum absolute atomic E-state index is 13.1. The van der Waals surface area contributed by atoms with Crippen molar-refractivity contribution in [2.45, 2.75) is 268 Å². The standard InChI is InChI=1S/C49H93NO10/c1-3-5-7-9-11-13-15-17-18-19-20-21-22-23-24-25-27-29-31-33-35-37-42(53)48(58)50-40(39-59-49-47(57)46(56)45(55)43(38-51)60-49)44(54)41(52)36-34-32-30-28-26-16-14-12-10-8-6-4-2/h12,14,28,30,40-47,49,51-57H,3-11,13,15-27,29,31-39H2,1-2H3,(H,50,58)/b14-12+,30-28+. The lowest BCUT2D eigenvalue weighted by atomic mass is 9.98. The molecule has 1 amide bonds. The van der Waals surface area contributed by atoms with Gasteiger partial charge in [-0.15, -0.1) is 0 Å². The number of nitrogens with one attached hydrogen (secondary N) is 1. The van der Waals surface area contributed by atoms with E-state index in [-0.39, 0.29) is 12.8 Å². The molecule has 1 heterocycles. The molecule has 1 saturated heterocycles. The predicted octanol–water partition coefficient (Wildman–Crippen LogP) is 8.62. The van der Waals surface area contributed by atoms with Gasteiger partial charge in [-0.3, -0.25) is 4.79 Å². The summed E-state index contributed by atoms with van der Waals surface area (Å²) in [5.41, 5.74) is 0. The number of rotatable bonds is 41. The van der Waals surface area contributed by atoms with Crippen LogP contribution in [-0.4, -0.2) is 110 Å². The van der Waals surface area contributed by atoms with E-state index in [4.69, 9.17) is 9.47 Å². The Morgan fingerprint density at radius 2 is 1.00 bits per heavy atom. The molecule has 11 nitrogen and oxygen atoms in total. The van der Waals surface area contributed by atoms with Crippen molar-refractivity contribution in [2.24, 2.45) is 0 Å². The van der Waals surface area contributed by atoms with Crippen LogP contribution in [0.4, 0.5) is 0 Å². The van der Waals surface area contributed by atoms with E-state index in [1.165, 1.54) is 128 Å². The number of aliphatic hydroxyl groups excluding tert-OH is 7. The van der Waals surface area contributed by atoms with Gasteiger partial charge in [0, 0.05) is 0 Å². The highest BCUT2D eigenvalue weighted by Gasteiger charge is 2.44. The third-order valence-electron chi connectivity index (χ3n) is 12.0. The Balaban J connectivity index is 2.38. The molecule has 1 fully saturated rings. The largest absolute Gasteiger partial charge is 0.394 e. The Morgan fingerprint density at radius 3 is 1.48 bits per heavy atom. The summed E-state index contributed by atoms with van der Waals surface area (Å²) in [6, 6.07) is -1.19. The topological polar surface area (TPSA) is 189 Å². The van der Waals surface area contributed by atoms with Gasteiger partial charge < -0.3 is 50.5 Å². The second-order valence-corrected chi connectivity index (χ2v) is 17.5. The fourth-order valence-electron chi connectivity index (χ4n) is 7.87. The zero-order chi connectivity index (χ0) is 44.1. The third kappa shape index (κ3) is 28.3. The highest BCUT2D eigenvalue weighted by Crippen LogP contribution is 2.23. The molecule has 0 aromatic carbocycles. The van der Waals surface area contributed by atoms with Crippen molar-refractivity contribution in [3.05, 3.63) is 24.3 Å². The van der Waals surface area contributed by atoms with Gasteiger partial charge >= 0.3 is 0 Å². The Kier molecular flexibility index (Phi) is 37.0. The molecule has 0 aliphatic carbocycles. The Hall–Kier alpha value is -1.41. The lowest BCUT2D eigenvalue weighted by molar-refractivity contribution is -0.303. The van der Waals surface area contributed by atoms with Crippen LogP contribution >= 0.6 is 0 Å². The number of hydrogen-bond acceptors (Lipinski definition) is 10. The molecule has 8 N–H and O–H groups in total. The van der Waals surface area contributed by atoms with Crippen LogP contribution in [-0.2, 0) is 14.3 Å². The van der Waals surface area contributed by atoms with Gasteiger partial charge in [0.1, 0.15) is 36.6 Å². The molecule has 0 radical (unpaired) electrons. The molecule has 9 atom stereocenters. The van der Waals surface area contributed by atoms with E-state index in [0.29, 0.717) is 19.3 Å². The van der Waals surface area contributed by atoms with E-state index in [1.807, 2.05) is 0 Å². The smallest absolute Gasteiger partial charge is 0.249 e. The van der Waals surface area contributed by atoms with Crippen molar-refractivity contribution in [1.82, 2.24) is 5.32 Å². The second-order valence-electron chi connectivity index (χ2n) is 17.5. The van der Waals surface area contributed by atoms with Crippen molar-refractivity contribution in [2.75, 3.05) is 13.2 Å². The van der Waals surface area contributed by atoms with Crippen LogP contribution in [0.5, 0.6) is 0 Å². The summed E-state index contributed by atoms with van der Waals surface area (Å²) in [4.78, 5) is 13.1. The summed E-state index contributed by atoms with van der Waals surface area (Å²) in [6.07, 6.45) is 32.4. The molecule has 0 saturated carbocycles. The van der Waals surface area contributed by atoms with Gasteiger partial charge in [-0.05, 0) is 51.4 Å². The molecule has 0 aromatic rings. The van der Waals surface area contributed by atoms with E-state index in [2.05, 4.69) is 43.5 Å². The average Bonchev–Trinajstić information content (AvgIpc) is 3.25. The first-order chi connectivity index (χ1) is 29.2. The first-order valence-electron chi connectivity index (χ1n) is 24.7. The lowest BCUT2D eigenvalue weighted by Gasteiger charge is -2.40. The van der Waals surface area contributed by atoms with E-state index in [0.717, 1.165) is 38.5 Å². The van der Waals surface area contributed by atoms with Crippen molar-refractivity contribution < 1.29 is 50.0 Å². The summed E-state index contributed by atoms with van der Waals surface area (Å²) in [5, 5.41) is 75.6. The minimum Gasteiger partial charge on any atom is -0.394 e. The van der Waals surface area contributed by atoms with Crippen LogP contribution in [0, 0.1) is 0 Å². The van der Waals surface area contributed by atoms with Gasteiger partial charge in [-0.2, -0.15) is 0 Å². The predicted molar refractivity (Wildman–Crippen MR) is 242 cm³/mol. The van der Waals surface area contributed by atoms with Crippen LogP contribution in [0.3, 0.4) is 0 Å². The minimum absolute atomic E-state index is 0.247. The van der Waals surface area contributed by atoms with Crippen LogP contribution in [0.25, 0.3) is 0 Å². The number of hydrogen-bond donors (Lipinski definition) is 8. The van der Waals surface area contributed by atoms with Gasteiger partial charge in [-0.1, -0.05) is 186 Å². The number of amides is 1. The summed E-state index contributed by atoms with van der Waals surface area (Å²) in [7, 11) is 0. The molecule has 1 aliphatic rings. The first-order valence-corrected chi connectivity index (χ1v) is 24.7. The van der Waals surface area contributed by atoms with Gasteiger partial charge in [0.2, 0.25) is 5.91 Å². The van der Waals surface area contributed by atoms with E-state index in [9.17, 15) is 40.5 Å². The lowest BCUT2D eigenvalue weighted by Crippen LogP contribution is -2.60. The zero-order valence-electron chi connectivity index (χ0n) is 38.2. The normalized spacial score (nSPS) is 21.8. The van der Waals surface area contributed by atoms with Crippen LogP contribution < -0.4 is 5.32 Å². The summed E-state index contributed by atoms with van der Waals surface area (Å²) in [5.74, 6) is -0.709. The number of carbonyl (C=O) groups excluding carboxylic acids is 1. The molecule has 0 aromatic heterocycles. The van der Waals surface area contributed by atoms with Crippen LogP contribution in [0.15, 0.2) is 24.3 Å². The van der Waals surface area contributed by atoms with E-state index >= 15 is 0 Å². The van der Waals surface area contributed by atoms with Crippen molar-refractivity contribution in [3.63, 3.8) is 0 Å². The monoisotopic (exact) mass is 856 g/mol. The molecule has 1 aliphatic heterocycles. The van der Waals surface area contributed by atoms with Crippen LogP contribution in [0.1, 0.15) is 213 Å². The van der Waals surface area contributed by atoms with E-state index in [1.54, 1.807) is 0 Å². The number of unbranched alkanes of at least 4 members (excludes halogenated alkanes) is 25. The molecular weight excluding hydrogens is 763 g/mol. The zero-order valence-corrected chi connectivity index (χ0v) is 38.2. The molecule has 9 unspecified atom stereocenters. The Bertz CT molecular complexity index is 1030. The maximum Gasteiger partial charge on any atom is 0.249 e. The average molecular weight is 856 g/mol. The number of allylic oxidation sites excluding steroid dienone is 4. The quantitative estimate of drug-likeness (QED) is 0.0218. The fourth-order valence-corrected chi connectivity index (χ4v) is 7.87. The minimum atomic E-state index is -1.67. The maximum atomic E-state index is 13.1. The van der Waals surface area contributed by atoms with Gasteiger partial charge in [0.05, 0.1) is 25.4 Å². The van der Waals surface area contributed by atoms with E-state index < -0.39 is 74.2 Å². The van der Waals surface area contributed by atoms with Crippen molar-refractivity contribution >= 4 is 5.91 Å². The highest BCUT2D eigenvalue weighted by molar-refractivity contribution is 5.80. The molecule has 1 rings (SSSR count). The molecule has 11 heteroatoms. The summed E-state index contributed by atoms with van der Waals surface area (Å²) >= 11 is 0. The molecule has 60 heavy (non-hydrogen) atoms.